The van der Waals surface area contributed by atoms with Crippen molar-refractivity contribution in [3.8, 4) is 0 Å². The van der Waals surface area contributed by atoms with Crippen LogP contribution in [0.25, 0.3) is 0 Å². The summed E-state index contributed by atoms with van der Waals surface area (Å²) in [6.45, 7) is 6.78. The summed E-state index contributed by atoms with van der Waals surface area (Å²) in [5.41, 5.74) is 3.03. The molecule has 1 saturated carbocycles. The summed E-state index contributed by atoms with van der Waals surface area (Å²) in [5, 5.41) is 9.25. The molecule has 114 valence electrons. The van der Waals surface area contributed by atoms with Crippen molar-refractivity contribution in [1.82, 2.24) is 0 Å². The smallest absolute Gasteiger partial charge is 0.306 e. The molecule has 0 spiro atoms. The minimum Gasteiger partial charge on any atom is -0.481 e. The van der Waals surface area contributed by atoms with Crippen LogP contribution >= 0.6 is 0 Å². The van der Waals surface area contributed by atoms with Gasteiger partial charge in [0.05, 0.1) is 5.92 Å². The average Bonchev–Trinajstić information content (AvgIpc) is 2.44. The Balaban J connectivity index is 1.85. The number of carboxylic acids is 1. The minimum atomic E-state index is -0.601. The lowest BCUT2D eigenvalue weighted by molar-refractivity contribution is -0.152. The maximum absolute atomic E-state index is 11.2. The molecule has 0 aliphatic heterocycles. The lowest BCUT2D eigenvalue weighted by Gasteiger charge is -2.50. The zero-order valence-corrected chi connectivity index (χ0v) is 13.3. The molecule has 0 radical (unpaired) electrons. The molecule has 0 heterocycles. The van der Waals surface area contributed by atoms with Crippen LogP contribution in [0.3, 0.4) is 0 Å². The Morgan fingerprint density at radius 1 is 1.24 bits per heavy atom. The minimum absolute atomic E-state index is 0.111. The van der Waals surface area contributed by atoms with Crippen molar-refractivity contribution in [3.05, 3.63) is 35.4 Å². The van der Waals surface area contributed by atoms with Gasteiger partial charge in [-0.25, -0.2) is 0 Å². The van der Waals surface area contributed by atoms with E-state index >= 15 is 0 Å². The summed E-state index contributed by atoms with van der Waals surface area (Å²) >= 11 is 0. The van der Waals surface area contributed by atoms with Gasteiger partial charge in [-0.05, 0) is 60.0 Å². The number of hydrogen-bond donors (Lipinski definition) is 1. The van der Waals surface area contributed by atoms with Gasteiger partial charge < -0.3 is 5.11 Å². The molecule has 1 aromatic rings. The van der Waals surface area contributed by atoms with Gasteiger partial charge in [0.25, 0.3) is 0 Å². The van der Waals surface area contributed by atoms with Gasteiger partial charge in [-0.1, -0.05) is 45.0 Å². The maximum atomic E-state index is 11.2. The predicted molar refractivity (Wildman–Crippen MR) is 84.2 cm³/mol. The Labute approximate surface area is 127 Å². The number of aliphatic carboxylic acids is 1. The molecule has 0 amide bonds. The van der Waals surface area contributed by atoms with E-state index in [9.17, 15) is 9.90 Å². The van der Waals surface area contributed by atoms with Crippen molar-refractivity contribution in [1.29, 1.82) is 0 Å². The van der Waals surface area contributed by atoms with Crippen LogP contribution in [0.15, 0.2) is 24.3 Å². The first-order valence-electron chi connectivity index (χ1n) is 8.31. The molecule has 5 unspecified atom stereocenters. The number of fused-ring (bicyclic) bond motifs is 1. The SMILES string of the molecule is CC(C)C1c2ccccc2CCC1C1CC(C(=O)O)C1C. The second-order valence-corrected chi connectivity index (χ2v) is 7.37. The molecular formula is C19H26O2. The standard InChI is InChI=1S/C19H26O2/c1-11(2)18-14-7-5-4-6-13(14)8-9-15(18)16-10-17(12(16)3)19(20)21/h4-7,11-12,15-18H,8-10H2,1-3H3,(H,20,21). The van der Waals surface area contributed by atoms with Crippen LogP contribution in [-0.2, 0) is 11.2 Å². The van der Waals surface area contributed by atoms with Crippen molar-refractivity contribution in [2.24, 2.45) is 29.6 Å². The van der Waals surface area contributed by atoms with Gasteiger partial charge in [-0.15, -0.1) is 0 Å². The van der Waals surface area contributed by atoms with Gasteiger partial charge in [0.1, 0.15) is 0 Å². The predicted octanol–water partition coefficient (Wildman–Crippen LogP) is 4.35. The molecule has 1 fully saturated rings. The van der Waals surface area contributed by atoms with Crippen molar-refractivity contribution in [2.45, 2.75) is 46.0 Å². The first-order valence-corrected chi connectivity index (χ1v) is 8.31. The van der Waals surface area contributed by atoms with E-state index in [1.807, 2.05) is 0 Å². The number of rotatable bonds is 3. The summed E-state index contributed by atoms with van der Waals surface area (Å²) < 4.78 is 0. The quantitative estimate of drug-likeness (QED) is 0.897. The monoisotopic (exact) mass is 286 g/mol. The van der Waals surface area contributed by atoms with E-state index in [1.54, 1.807) is 0 Å². The van der Waals surface area contributed by atoms with E-state index in [-0.39, 0.29) is 5.92 Å². The number of carbonyl (C=O) groups is 1. The molecule has 2 aliphatic carbocycles. The van der Waals surface area contributed by atoms with Crippen LogP contribution in [-0.4, -0.2) is 11.1 Å². The largest absolute Gasteiger partial charge is 0.481 e. The summed E-state index contributed by atoms with van der Waals surface area (Å²) in [6, 6.07) is 8.86. The van der Waals surface area contributed by atoms with Crippen LogP contribution < -0.4 is 0 Å². The van der Waals surface area contributed by atoms with E-state index in [2.05, 4.69) is 45.0 Å². The van der Waals surface area contributed by atoms with Gasteiger partial charge in [0.15, 0.2) is 0 Å². The Bertz CT molecular complexity index is 534. The Morgan fingerprint density at radius 3 is 2.57 bits per heavy atom. The third-order valence-corrected chi connectivity index (χ3v) is 6.04. The highest BCUT2D eigenvalue weighted by atomic mass is 16.4. The highest BCUT2D eigenvalue weighted by Crippen LogP contribution is 2.54. The number of aryl methyl sites for hydroxylation is 1. The molecule has 1 aromatic carbocycles. The molecule has 5 atom stereocenters. The highest BCUT2D eigenvalue weighted by molar-refractivity contribution is 5.71. The van der Waals surface area contributed by atoms with Gasteiger partial charge in [-0.2, -0.15) is 0 Å². The number of carboxylic acid groups (broad SMARTS) is 1. The van der Waals surface area contributed by atoms with E-state index in [1.165, 1.54) is 17.5 Å². The molecule has 0 saturated heterocycles. The van der Waals surface area contributed by atoms with Gasteiger partial charge in [0, 0.05) is 0 Å². The van der Waals surface area contributed by atoms with E-state index in [0.29, 0.717) is 29.6 Å². The second-order valence-electron chi connectivity index (χ2n) is 7.37. The summed E-state index contributed by atoms with van der Waals surface area (Å²) in [6.07, 6.45) is 3.26. The molecule has 2 nitrogen and oxygen atoms in total. The topological polar surface area (TPSA) is 37.3 Å². The Hall–Kier alpha value is -1.31. The molecule has 21 heavy (non-hydrogen) atoms. The highest BCUT2D eigenvalue weighted by Gasteiger charge is 2.49. The van der Waals surface area contributed by atoms with Crippen molar-refractivity contribution < 1.29 is 9.90 Å². The van der Waals surface area contributed by atoms with Crippen LogP contribution in [0.5, 0.6) is 0 Å². The first-order chi connectivity index (χ1) is 10.0. The fourth-order valence-corrected chi connectivity index (χ4v) is 4.87. The number of benzene rings is 1. The zero-order valence-electron chi connectivity index (χ0n) is 13.3. The van der Waals surface area contributed by atoms with Crippen LogP contribution in [0, 0.1) is 29.6 Å². The lowest BCUT2D eigenvalue weighted by atomic mass is 9.54. The zero-order chi connectivity index (χ0) is 15.1. The van der Waals surface area contributed by atoms with Crippen LogP contribution in [0.2, 0.25) is 0 Å². The van der Waals surface area contributed by atoms with E-state index < -0.39 is 5.97 Å². The molecular weight excluding hydrogens is 260 g/mol. The molecule has 0 bridgehead atoms. The van der Waals surface area contributed by atoms with Gasteiger partial charge in [-0.3, -0.25) is 4.79 Å². The third kappa shape index (κ3) is 2.39. The summed E-state index contributed by atoms with van der Waals surface area (Å²) in [7, 11) is 0. The van der Waals surface area contributed by atoms with Crippen LogP contribution in [0.4, 0.5) is 0 Å². The maximum Gasteiger partial charge on any atom is 0.306 e. The first kappa shape index (κ1) is 14.6. The van der Waals surface area contributed by atoms with E-state index in [0.717, 1.165) is 12.8 Å². The van der Waals surface area contributed by atoms with Crippen molar-refractivity contribution >= 4 is 5.97 Å². The van der Waals surface area contributed by atoms with Crippen molar-refractivity contribution in [2.75, 3.05) is 0 Å². The fourth-order valence-electron chi connectivity index (χ4n) is 4.87. The van der Waals surface area contributed by atoms with Gasteiger partial charge >= 0.3 is 5.97 Å². The third-order valence-electron chi connectivity index (χ3n) is 6.04. The molecule has 2 heteroatoms. The molecule has 2 aliphatic rings. The number of hydrogen-bond acceptors (Lipinski definition) is 1. The van der Waals surface area contributed by atoms with Crippen LogP contribution in [0.1, 0.15) is 50.7 Å². The van der Waals surface area contributed by atoms with Gasteiger partial charge in [0.2, 0.25) is 0 Å². The summed E-state index contributed by atoms with van der Waals surface area (Å²) in [5.74, 6) is 2.08. The Kier molecular flexibility index (Phi) is 3.81. The lowest BCUT2D eigenvalue weighted by Crippen LogP contribution is -2.46. The molecule has 1 N–H and O–H groups in total. The second kappa shape index (κ2) is 5.47. The molecule has 0 aromatic heterocycles. The summed E-state index contributed by atoms with van der Waals surface area (Å²) in [4.78, 5) is 11.2. The fraction of sp³-hybridized carbons (Fsp3) is 0.632. The average molecular weight is 286 g/mol. The normalized spacial score (nSPS) is 35.1. The van der Waals surface area contributed by atoms with Crippen molar-refractivity contribution in [3.63, 3.8) is 0 Å². The van der Waals surface area contributed by atoms with E-state index in [4.69, 9.17) is 0 Å². The molecule has 3 rings (SSSR count). The Morgan fingerprint density at radius 2 is 1.95 bits per heavy atom.